The molecule has 4 nitrogen and oxygen atoms in total. The third kappa shape index (κ3) is 2.04. The molecule has 0 aromatic rings. The van der Waals surface area contributed by atoms with Crippen molar-refractivity contribution in [1.82, 2.24) is 0 Å². The summed E-state index contributed by atoms with van der Waals surface area (Å²) in [5, 5.41) is 19.3. The van der Waals surface area contributed by atoms with Crippen molar-refractivity contribution in [3.63, 3.8) is 0 Å². The minimum atomic E-state index is -1.15. The Balaban J connectivity index is 3.36. The van der Waals surface area contributed by atoms with E-state index in [0.717, 1.165) is 0 Å². The van der Waals surface area contributed by atoms with E-state index in [4.69, 9.17) is 0 Å². The van der Waals surface area contributed by atoms with E-state index in [1.54, 1.807) is 0 Å². The Morgan fingerprint density at radius 2 is 1.28 bits per heavy atom. The van der Waals surface area contributed by atoms with E-state index < -0.39 is 22.8 Å². The number of carboxylic acids is 2. The molecule has 1 rings (SSSR count). The Morgan fingerprint density at radius 1 is 0.944 bits per heavy atom. The maximum absolute atomic E-state index is 11.8. The van der Waals surface area contributed by atoms with Crippen molar-refractivity contribution in [2.45, 2.75) is 52.4 Å². The third-order valence-corrected chi connectivity index (χ3v) is 4.19. The molecule has 2 N–H and O–H groups in total. The summed E-state index contributed by atoms with van der Waals surface area (Å²) >= 11 is 0. The van der Waals surface area contributed by atoms with E-state index >= 15 is 0 Å². The van der Waals surface area contributed by atoms with Gasteiger partial charge in [0.2, 0.25) is 0 Å². The molecule has 0 bridgehead atoms. The van der Waals surface area contributed by atoms with Crippen LogP contribution in [0, 0.1) is 10.8 Å². The number of rotatable bonds is 6. The summed E-state index contributed by atoms with van der Waals surface area (Å²) in [6, 6.07) is 0. The Hall–Kier alpha value is -1.32. The summed E-state index contributed by atoms with van der Waals surface area (Å²) < 4.78 is 0. The number of aliphatic carboxylic acids is 2. The van der Waals surface area contributed by atoms with Gasteiger partial charge in [0.15, 0.2) is 0 Å². The first-order valence-corrected chi connectivity index (χ1v) is 6.58. The number of carbonyl (C=O) groups is 2. The molecule has 0 radical (unpaired) electrons. The van der Waals surface area contributed by atoms with Crippen molar-refractivity contribution in [3.8, 4) is 0 Å². The molecule has 0 aromatic carbocycles. The first kappa shape index (κ1) is 14.7. The summed E-state index contributed by atoms with van der Waals surface area (Å²) in [5.41, 5.74) is -2.31. The lowest BCUT2D eigenvalue weighted by atomic mass is 9.54. The van der Waals surface area contributed by atoms with Crippen molar-refractivity contribution < 1.29 is 19.8 Å². The molecule has 0 saturated carbocycles. The highest BCUT2D eigenvalue weighted by Crippen LogP contribution is 2.54. The van der Waals surface area contributed by atoms with Gasteiger partial charge in [-0.1, -0.05) is 38.8 Å². The number of hydrogen-bond donors (Lipinski definition) is 2. The Kier molecular flexibility index (Phi) is 4.54. The molecule has 0 spiro atoms. The van der Waals surface area contributed by atoms with Gasteiger partial charge in [0.25, 0.3) is 0 Å². The molecule has 0 unspecified atom stereocenters. The van der Waals surface area contributed by atoms with Crippen molar-refractivity contribution in [1.29, 1.82) is 0 Å². The minimum absolute atomic E-state index is 0.322. The molecule has 18 heavy (non-hydrogen) atoms. The maximum Gasteiger partial charge on any atom is 0.311 e. The van der Waals surface area contributed by atoms with Crippen LogP contribution in [0.5, 0.6) is 0 Å². The van der Waals surface area contributed by atoms with Crippen LogP contribution in [-0.2, 0) is 9.59 Å². The van der Waals surface area contributed by atoms with Crippen molar-refractivity contribution in [3.05, 3.63) is 12.2 Å². The van der Waals surface area contributed by atoms with E-state index in [1.165, 1.54) is 0 Å². The Labute approximate surface area is 108 Å². The highest BCUT2D eigenvalue weighted by molar-refractivity contribution is 5.87. The molecule has 0 heterocycles. The van der Waals surface area contributed by atoms with Gasteiger partial charge in [-0.05, 0) is 25.7 Å². The molecule has 0 saturated heterocycles. The van der Waals surface area contributed by atoms with Crippen LogP contribution in [0.25, 0.3) is 0 Å². The Morgan fingerprint density at radius 3 is 1.50 bits per heavy atom. The van der Waals surface area contributed by atoms with Crippen LogP contribution in [0.2, 0.25) is 0 Å². The zero-order chi connectivity index (χ0) is 13.8. The van der Waals surface area contributed by atoms with Crippen molar-refractivity contribution >= 4 is 11.9 Å². The first-order valence-electron chi connectivity index (χ1n) is 6.58. The molecular weight excluding hydrogens is 232 g/mol. The molecule has 0 aromatic heterocycles. The van der Waals surface area contributed by atoms with Crippen LogP contribution in [0.1, 0.15) is 52.4 Å². The summed E-state index contributed by atoms with van der Waals surface area (Å²) in [6.07, 6.45) is 6.47. The monoisotopic (exact) mass is 254 g/mol. The predicted octanol–water partition coefficient (Wildman–Crippen LogP) is 3.08. The zero-order valence-electron chi connectivity index (χ0n) is 11.1. The first-order chi connectivity index (χ1) is 8.47. The van der Waals surface area contributed by atoms with Crippen LogP contribution in [-0.4, -0.2) is 22.2 Å². The lowest BCUT2D eigenvalue weighted by Gasteiger charge is -2.46. The fourth-order valence-corrected chi connectivity index (χ4v) is 3.29. The molecule has 0 amide bonds. The summed E-state index contributed by atoms with van der Waals surface area (Å²) in [4.78, 5) is 23.5. The lowest BCUT2D eigenvalue weighted by molar-refractivity contribution is -0.177. The van der Waals surface area contributed by atoms with Gasteiger partial charge in [-0.3, -0.25) is 9.59 Å². The average molecular weight is 254 g/mol. The highest BCUT2D eigenvalue weighted by Gasteiger charge is 2.60. The van der Waals surface area contributed by atoms with E-state index in [9.17, 15) is 19.8 Å². The lowest BCUT2D eigenvalue weighted by Crippen LogP contribution is -2.53. The normalized spacial score (nSPS) is 31.2. The van der Waals surface area contributed by atoms with Crippen molar-refractivity contribution in [2.75, 3.05) is 0 Å². The second kappa shape index (κ2) is 5.55. The number of hydrogen-bond acceptors (Lipinski definition) is 2. The maximum atomic E-state index is 11.8. The summed E-state index contributed by atoms with van der Waals surface area (Å²) in [7, 11) is 0. The molecule has 0 aliphatic heterocycles. The van der Waals surface area contributed by atoms with Gasteiger partial charge in [-0.2, -0.15) is 0 Å². The SMILES string of the molecule is CCC[C@]1(C(=O)O)CC=CC[C@@]1(CCC)C(=O)O. The molecule has 0 fully saturated rings. The van der Waals surface area contributed by atoms with Crippen LogP contribution in [0.4, 0.5) is 0 Å². The van der Waals surface area contributed by atoms with Crippen LogP contribution in [0.3, 0.4) is 0 Å². The average Bonchev–Trinajstić information content (AvgIpc) is 2.31. The fourth-order valence-electron chi connectivity index (χ4n) is 3.29. The van der Waals surface area contributed by atoms with Gasteiger partial charge in [-0.25, -0.2) is 0 Å². The smallest absolute Gasteiger partial charge is 0.311 e. The molecule has 102 valence electrons. The summed E-state index contributed by atoms with van der Waals surface area (Å²) in [5.74, 6) is -1.94. The van der Waals surface area contributed by atoms with Gasteiger partial charge in [0.1, 0.15) is 0 Å². The van der Waals surface area contributed by atoms with E-state index in [2.05, 4.69) is 0 Å². The largest absolute Gasteiger partial charge is 0.481 e. The second-order valence-electron chi connectivity index (χ2n) is 5.15. The molecule has 1 aliphatic carbocycles. The topological polar surface area (TPSA) is 74.6 Å². The molecule has 1 aliphatic rings. The quantitative estimate of drug-likeness (QED) is 0.714. The van der Waals surface area contributed by atoms with Gasteiger partial charge in [-0.15, -0.1) is 0 Å². The minimum Gasteiger partial charge on any atom is -0.481 e. The van der Waals surface area contributed by atoms with Crippen LogP contribution < -0.4 is 0 Å². The fraction of sp³-hybridized carbons (Fsp3) is 0.714. The van der Waals surface area contributed by atoms with Gasteiger partial charge in [0, 0.05) is 0 Å². The van der Waals surface area contributed by atoms with Gasteiger partial charge >= 0.3 is 11.9 Å². The van der Waals surface area contributed by atoms with Crippen LogP contribution in [0.15, 0.2) is 12.2 Å². The standard InChI is InChI=1S/C14H22O4/c1-3-7-13(11(15)16)9-5-6-10-14(13,8-4-2)12(17)18/h5-6H,3-4,7-10H2,1-2H3,(H,15,16)(H,17,18)/t13-,14+. The number of carboxylic acid groups (broad SMARTS) is 2. The van der Waals surface area contributed by atoms with Gasteiger partial charge in [0.05, 0.1) is 10.8 Å². The molecular formula is C14H22O4. The van der Waals surface area contributed by atoms with Crippen LogP contribution >= 0.6 is 0 Å². The third-order valence-electron chi connectivity index (χ3n) is 4.19. The van der Waals surface area contributed by atoms with E-state index in [-0.39, 0.29) is 0 Å². The number of allylic oxidation sites excluding steroid dienone is 2. The van der Waals surface area contributed by atoms with E-state index in [1.807, 2.05) is 26.0 Å². The summed E-state index contributed by atoms with van der Waals surface area (Å²) in [6.45, 7) is 3.81. The second-order valence-corrected chi connectivity index (χ2v) is 5.15. The predicted molar refractivity (Wildman–Crippen MR) is 68.3 cm³/mol. The Bertz CT molecular complexity index is 327. The van der Waals surface area contributed by atoms with E-state index in [0.29, 0.717) is 38.5 Å². The van der Waals surface area contributed by atoms with Gasteiger partial charge < -0.3 is 10.2 Å². The van der Waals surface area contributed by atoms with Crippen molar-refractivity contribution in [2.24, 2.45) is 10.8 Å². The molecule has 2 atom stereocenters. The highest BCUT2D eigenvalue weighted by atomic mass is 16.4. The molecule has 4 heteroatoms. The zero-order valence-corrected chi connectivity index (χ0v) is 11.1.